The van der Waals surface area contributed by atoms with Crippen molar-refractivity contribution in [1.82, 2.24) is 14.9 Å². The molecule has 1 fully saturated rings. The van der Waals surface area contributed by atoms with E-state index >= 15 is 0 Å². The number of rotatable bonds is 10. The summed E-state index contributed by atoms with van der Waals surface area (Å²) in [5.41, 5.74) is 5.61. The molecule has 232 valence electrons. The summed E-state index contributed by atoms with van der Waals surface area (Å²) in [6, 6.07) is 21.7. The highest BCUT2D eigenvalue weighted by Crippen LogP contribution is 2.28. The van der Waals surface area contributed by atoms with Crippen molar-refractivity contribution in [2.24, 2.45) is 5.92 Å². The first-order chi connectivity index (χ1) is 21.2. The van der Waals surface area contributed by atoms with Crippen LogP contribution < -0.4 is 10.6 Å². The first-order valence-electron chi connectivity index (χ1n) is 16.2. The molecule has 44 heavy (non-hydrogen) atoms. The summed E-state index contributed by atoms with van der Waals surface area (Å²) in [7, 11) is 0. The number of fused-ring (bicyclic) bond motifs is 1. The first kappa shape index (κ1) is 31.3. The Bertz CT molecular complexity index is 1580. The number of benzene rings is 3. The molecular formula is C37H46N4O3. The standard InChI is InChI=1S/C37H46N4O3/c1-5-6-16-34-40-32-22-21-29(39-36(43)38-24-26-12-8-7-9-13-26)23-33(32)41(34)25-27-17-19-28(20-18-27)30-14-10-11-15-31(30)35(42)44-37(2,3)4/h10-11,14-15,17-23,26H,5-9,12-13,16,24-25H2,1-4H3,(H2,38,39,43). The number of hydrogen-bond acceptors (Lipinski definition) is 4. The Hall–Kier alpha value is -4.13. The largest absolute Gasteiger partial charge is 0.456 e. The molecule has 1 heterocycles. The normalized spacial score (nSPS) is 14.0. The smallest absolute Gasteiger partial charge is 0.339 e. The Balaban J connectivity index is 1.35. The fraction of sp³-hybridized carbons (Fsp3) is 0.432. The molecule has 1 aliphatic carbocycles. The maximum absolute atomic E-state index is 12.9. The second kappa shape index (κ2) is 14.1. The van der Waals surface area contributed by atoms with Gasteiger partial charge in [-0.15, -0.1) is 0 Å². The summed E-state index contributed by atoms with van der Waals surface area (Å²) < 4.78 is 7.93. The maximum atomic E-state index is 12.9. The molecule has 4 aromatic rings. The first-order valence-corrected chi connectivity index (χ1v) is 16.2. The number of carbonyl (C=O) groups excluding carboxylic acids is 2. The second-order valence-electron chi connectivity index (χ2n) is 13.0. The van der Waals surface area contributed by atoms with E-state index in [1.165, 1.54) is 32.1 Å². The van der Waals surface area contributed by atoms with Gasteiger partial charge in [0, 0.05) is 25.2 Å². The summed E-state index contributed by atoms with van der Waals surface area (Å²) in [4.78, 5) is 30.6. The van der Waals surface area contributed by atoms with Gasteiger partial charge in [-0.05, 0) is 86.9 Å². The number of carbonyl (C=O) groups is 2. The zero-order chi connectivity index (χ0) is 31.1. The molecule has 0 unspecified atom stereocenters. The number of esters is 1. The van der Waals surface area contributed by atoms with E-state index in [4.69, 9.17) is 9.72 Å². The van der Waals surface area contributed by atoms with Gasteiger partial charge in [-0.1, -0.05) is 75.1 Å². The van der Waals surface area contributed by atoms with Crippen molar-refractivity contribution in [2.45, 2.75) is 91.2 Å². The molecule has 1 aromatic heterocycles. The molecule has 7 nitrogen and oxygen atoms in total. The summed E-state index contributed by atoms with van der Waals surface area (Å²) in [5.74, 6) is 1.30. The van der Waals surface area contributed by atoms with E-state index in [9.17, 15) is 9.59 Å². The SMILES string of the molecule is CCCCc1nc2ccc(NC(=O)NCC3CCCCC3)cc2n1Cc1ccc(-c2ccccc2C(=O)OC(C)(C)C)cc1. The van der Waals surface area contributed by atoms with Crippen molar-refractivity contribution >= 4 is 28.7 Å². The third-order valence-electron chi connectivity index (χ3n) is 8.27. The molecule has 3 aromatic carbocycles. The molecule has 0 spiro atoms. The summed E-state index contributed by atoms with van der Waals surface area (Å²) in [5, 5.41) is 6.12. The van der Waals surface area contributed by atoms with E-state index < -0.39 is 5.60 Å². The quantitative estimate of drug-likeness (QED) is 0.180. The van der Waals surface area contributed by atoms with E-state index in [1.54, 1.807) is 0 Å². The highest BCUT2D eigenvalue weighted by Gasteiger charge is 2.21. The molecule has 1 saturated carbocycles. The van der Waals surface area contributed by atoms with E-state index in [0.717, 1.165) is 65.0 Å². The molecule has 0 bridgehead atoms. The van der Waals surface area contributed by atoms with Crippen LogP contribution in [0.25, 0.3) is 22.2 Å². The molecule has 5 rings (SSSR count). The highest BCUT2D eigenvalue weighted by atomic mass is 16.6. The highest BCUT2D eigenvalue weighted by molar-refractivity contribution is 5.97. The average Bonchev–Trinajstić information content (AvgIpc) is 3.35. The third-order valence-corrected chi connectivity index (χ3v) is 8.27. The van der Waals surface area contributed by atoms with Gasteiger partial charge in [0.15, 0.2) is 0 Å². The van der Waals surface area contributed by atoms with Crippen LogP contribution >= 0.6 is 0 Å². The number of imidazole rings is 1. The predicted octanol–water partition coefficient (Wildman–Crippen LogP) is 8.75. The van der Waals surface area contributed by atoms with Crippen molar-refractivity contribution < 1.29 is 14.3 Å². The number of urea groups is 1. The zero-order valence-corrected chi connectivity index (χ0v) is 26.6. The van der Waals surface area contributed by atoms with Gasteiger partial charge in [0.2, 0.25) is 0 Å². The van der Waals surface area contributed by atoms with Crippen LogP contribution in [0.5, 0.6) is 0 Å². The van der Waals surface area contributed by atoms with Crippen LogP contribution in [-0.2, 0) is 17.7 Å². The lowest BCUT2D eigenvalue weighted by Crippen LogP contribution is -2.33. The van der Waals surface area contributed by atoms with Gasteiger partial charge in [0.1, 0.15) is 11.4 Å². The molecule has 7 heteroatoms. The maximum Gasteiger partial charge on any atom is 0.339 e. The van der Waals surface area contributed by atoms with Gasteiger partial charge < -0.3 is 19.9 Å². The van der Waals surface area contributed by atoms with Gasteiger partial charge in [-0.2, -0.15) is 0 Å². The van der Waals surface area contributed by atoms with E-state index in [0.29, 0.717) is 18.0 Å². The molecule has 2 N–H and O–H groups in total. The van der Waals surface area contributed by atoms with Gasteiger partial charge >= 0.3 is 12.0 Å². The van der Waals surface area contributed by atoms with E-state index in [2.05, 4.69) is 46.4 Å². The van der Waals surface area contributed by atoms with Crippen LogP contribution in [0.4, 0.5) is 10.5 Å². The van der Waals surface area contributed by atoms with Gasteiger partial charge in [0.05, 0.1) is 16.6 Å². The average molecular weight is 595 g/mol. The summed E-state index contributed by atoms with van der Waals surface area (Å²) in [6.45, 7) is 9.20. The monoisotopic (exact) mass is 594 g/mol. The van der Waals surface area contributed by atoms with Crippen LogP contribution in [0.2, 0.25) is 0 Å². The zero-order valence-electron chi connectivity index (χ0n) is 26.6. The molecule has 0 atom stereocenters. The Morgan fingerprint density at radius 2 is 1.73 bits per heavy atom. The molecule has 0 radical (unpaired) electrons. The topological polar surface area (TPSA) is 85.3 Å². The van der Waals surface area contributed by atoms with Gasteiger partial charge in [-0.25, -0.2) is 14.6 Å². The minimum atomic E-state index is -0.564. The van der Waals surface area contributed by atoms with E-state index in [-0.39, 0.29) is 12.0 Å². The number of nitrogens with one attached hydrogen (secondary N) is 2. The summed E-state index contributed by atoms with van der Waals surface area (Å²) >= 11 is 0. The Morgan fingerprint density at radius 1 is 0.977 bits per heavy atom. The van der Waals surface area contributed by atoms with Gasteiger partial charge in [0.25, 0.3) is 0 Å². The predicted molar refractivity (Wildman–Crippen MR) is 178 cm³/mol. The van der Waals surface area contributed by atoms with Crippen LogP contribution in [0.3, 0.4) is 0 Å². The minimum Gasteiger partial charge on any atom is -0.456 e. The van der Waals surface area contributed by atoms with Crippen LogP contribution in [-0.4, -0.2) is 33.7 Å². The molecule has 2 amide bonds. The van der Waals surface area contributed by atoms with Crippen molar-refractivity contribution in [3.05, 3.63) is 83.7 Å². The number of anilines is 1. The van der Waals surface area contributed by atoms with Crippen LogP contribution in [0.15, 0.2) is 66.7 Å². The summed E-state index contributed by atoms with van der Waals surface area (Å²) in [6.07, 6.45) is 9.25. The van der Waals surface area contributed by atoms with Crippen molar-refractivity contribution in [1.29, 1.82) is 0 Å². The lowest BCUT2D eigenvalue weighted by molar-refractivity contribution is 0.00704. The van der Waals surface area contributed by atoms with Crippen LogP contribution in [0, 0.1) is 5.92 Å². The number of hydrogen-bond donors (Lipinski definition) is 2. The van der Waals surface area contributed by atoms with Crippen molar-refractivity contribution in [3.63, 3.8) is 0 Å². The molecule has 1 aliphatic rings. The van der Waals surface area contributed by atoms with Crippen LogP contribution in [0.1, 0.15) is 94.4 Å². The number of aromatic nitrogens is 2. The second-order valence-corrected chi connectivity index (χ2v) is 13.0. The molecule has 0 saturated heterocycles. The Labute approximate surface area is 261 Å². The minimum absolute atomic E-state index is 0.158. The van der Waals surface area contributed by atoms with Gasteiger partial charge in [-0.3, -0.25) is 0 Å². The number of ether oxygens (including phenoxy) is 1. The molecular weight excluding hydrogens is 548 g/mol. The fourth-order valence-electron chi connectivity index (χ4n) is 5.97. The molecule has 0 aliphatic heterocycles. The van der Waals surface area contributed by atoms with E-state index in [1.807, 2.05) is 63.2 Å². The number of nitrogens with zero attached hydrogens (tertiary/aromatic N) is 2. The third kappa shape index (κ3) is 8.07. The fourth-order valence-corrected chi connectivity index (χ4v) is 5.97. The van der Waals surface area contributed by atoms with Crippen molar-refractivity contribution in [2.75, 3.05) is 11.9 Å². The number of unbranched alkanes of at least 4 members (excludes halogenated alkanes) is 1. The Morgan fingerprint density at radius 3 is 2.45 bits per heavy atom. The number of aryl methyl sites for hydroxylation is 1. The van der Waals surface area contributed by atoms with Crippen molar-refractivity contribution in [3.8, 4) is 11.1 Å². The lowest BCUT2D eigenvalue weighted by Gasteiger charge is -2.21. The lowest BCUT2D eigenvalue weighted by atomic mass is 9.89. The number of amides is 2. The Kier molecular flexibility index (Phi) is 10.0.